The average Bonchev–Trinajstić information content (AvgIpc) is 2.66. The van der Waals surface area contributed by atoms with Gasteiger partial charge in [-0.3, -0.25) is 0 Å². The first kappa shape index (κ1) is 19.0. The van der Waals surface area contributed by atoms with Crippen LogP contribution < -0.4 is 15.4 Å². The molecule has 0 radical (unpaired) electrons. The van der Waals surface area contributed by atoms with E-state index in [1.54, 1.807) is 20.1 Å². The van der Waals surface area contributed by atoms with Crippen molar-refractivity contribution in [1.29, 1.82) is 0 Å². The number of allylic oxidation sites excluding steroid dienone is 1. The molecule has 0 aliphatic carbocycles. The van der Waals surface area contributed by atoms with Gasteiger partial charge in [-0.25, -0.2) is 9.59 Å². The molecule has 0 bridgehead atoms. The fraction of sp³-hybridized carbons (Fsp3) is 0.200. The third-order valence-electron chi connectivity index (χ3n) is 4.20. The largest absolute Gasteiger partial charge is 0.496 e. The normalized spacial score (nSPS) is 16.4. The molecule has 2 aromatic carbocycles. The highest BCUT2D eigenvalue weighted by atomic mass is 79.9. The molecule has 1 heterocycles. The van der Waals surface area contributed by atoms with E-state index < -0.39 is 12.0 Å². The Balaban J connectivity index is 1.92. The first-order valence-electron chi connectivity index (χ1n) is 8.32. The van der Waals surface area contributed by atoms with E-state index in [0.29, 0.717) is 22.6 Å². The number of halogens is 1. The van der Waals surface area contributed by atoms with E-state index in [2.05, 4.69) is 26.6 Å². The molecular formula is C20H19BrN2O4. The van der Waals surface area contributed by atoms with Gasteiger partial charge in [0.2, 0.25) is 0 Å². The summed E-state index contributed by atoms with van der Waals surface area (Å²) in [5.41, 5.74) is 2.33. The fourth-order valence-electron chi connectivity index (χ4n) is 2.93. The Hall–Kier alpha value is -2.80. The molecular weight excluding hydrogens is 412 g/mol. The van der Waals surface area contributed by atoms with E-state index in [9.17, 15) is 9.59 Å². The SMILES string of the molecule is COc1ccc(Br)cc1C1NC(=O)NC(C)=C1C(=O)OCc1ccccc1. The lowest BCUT2D eigenvalue weighted by molar-refractivity contribution is -0.140. The average molecular weight is 431 g/mol. The molecule has 0 fully saturated rings. The van der Waals surface area contributed by atoms with Crippen molar-refractivity contribution in [2.45, 2.75) is 19.6 Å². The third-order valence-corrected chi connectivity index (χ3v) is 4.70. The predicted octanol–water partition coefficient (Wildman–Crippen LogP) is 3.83. The maximum Gasteiger partial charge on any atom is 0.338 e. The van der Waals surface area contributed by atoms with Gasteiger partial charge in [0.15, 0.2) is 0 Å². The van der Waals surface area contributed by atoms with Gasteiger partial charge in [0.1, 0.15) is 12.4 Å². The van der Waals surface area contributed by atoms with Gasteiger partial charge in [-0.15, -0.1) is 0 Å². The van der Waals surface area contributed by atoms with Crippen LogP contribution in [0.5, 0.6) is 5.75 Å². The molecule has 0 spiro atoms. The number of carbonyl (C=O) groups is 2. The molecule has 140 valence electrons. The van der Waals surface area contributed by atoms with Crippen LogP contribution in [0.15, 0.2) is 64.3 Å². The van der Waals surface area contributed by atoms with Crippen LogP contribution in [-0.2, 0) is 16.1 Å². The lowest BCUT2D eigenvalue weighted by Gasteiger charge is -2.29. The zero-order valence-electron chi connectivity index (χ0n) is 14.9. The van der Waals surface area contributed by atoms with Crippen molar-refractivity contribution in [3.8, 4) is 5.75 Å². The second-order valence-electron chi connectivity index (χ2n) is 6.02. The Morgan fingerprint density at radius 3 is 2.63 bits per heavy atom. The van der Waals surface area contributed by atoms with Crippen LogP contribution in [0.4, 0.5) is 4.79 Å². The number of hydrogen-bond acceptors (Lipinski definition) is 4. The van der Waals surface area contributed by atoms with Crippen LogP contribution in [-0.4, -0.2) is 19.1 Å². The molecule has 1 aliphatic heterocycles. The van der Waals surface area contributed by atoms with E-state index in [0.717, 1.165) is 10.0 Å². The van der Waals surface area contributed by atoms with Gasteiger partial charge in [0.25, 0.3) is 0 Å². The zero-order valence-corrected chi connectivity index (χ0v) is 16.5. The van der Waals surface area contributed by atoms with Crippen molar-refractivity contribution in [2.75, 3.05) is 7.11 Å². The van der Waals surface area contributed by atoms with E-state index in [1.807, 2.05) is 42.5 Å². The van der Waals surface area contributed by atoms with Gasteiger partial charge < -0.3 is 20.1 Å². The van der Waals surface area contributed by atoms with Gasteiger partial charge in [-0.2, -0.15) is 0 Å². The minimum atomic E-state index is -0.686. The minimum Gasteiger partial charge on any atom is -0.496 e. The Bertz CT molecular complexity index is 896. The monoisotopic (exact) mass is 430 g/mol. The molecule has 2 amide bonds. The van der Waals surface area contributed by atoms with Crippen molar-refractivity contribution < 1.29 is 19.1 Å². The Morgan fingerprint density at radius 1 is 1.19 bits per heavy atom. The lowest BCUT2D eigenvalue weighted by atomic mass is 9.95. The number of benzene rings is 2. The molecule has 1 aliphatic rings. The number of carbonyl (C=O) groups excluding carboxylic acids is 2. The number of rotatable bonds is 5. The summed E-state index contributed by atoms with van der Waals surface area (Å²) in [7, 11) is 1.54. The summed E-state index contributed by atoms with van der Waals surface area (Å²) in [5.74, 6) is 0.0578. The topological polar surface area (TPSA) is 76.7 Å². The first-order valence-corrected chi connectivity index (χ1v) is 9.11. The second-order valence-corrected chi connectivity index (χ2v) is 6.93. The molecule has 3 rings (SSSR count). The highest BCUT2D eigenvalue weighted by Crippen LogP contribution is 2.35. The summed E-state index contributed by atoms with van der Waals surface area (Å²) in [6.45, 7) is 1.82. The molecule has 6 nitrogen and oxygen atoms in total. The van der Waals surface area contributed by atoms with Gasteiger partial charge in [-0.05, 0) is 30.7 Å². The number of hydrogen-bond donors (Lipinski definition) is 2. The summed E-state index contributed by atoms with van der Waals surface area (Å²) in [5, 5.41) is 5.42. The molecule has 0 aromatic heterocycles. The van der Waals surface area contributed by atoms with Crippen LogP contribution >= 0.6 is 15.9 Å². The maximum atomic E-state index is 12.8. The third kappa shape index (κ3) is 4.31. The van der Waals surface area contributed by atoms with Crippen molar-refractivity contribution in [3.05, 3.63) is 75.4 Å². The van der Waals surface area contributed by atoms with Crippen molar-refractivity contribution >= 4 is 27.9 Å². The molecule has 27 heavy (non-hydrogen) atoms. The number of ether oxygens (including phenoxy) is 2. The molecule has 0 saturated heterocycles. The number of amides is 2. The Labute approximate surface area is 165 Å². The smallest absolute Gasteiger partial charge is 0.338 e. The second kappa shape index (κ2) is 8.26. The molecule has 2 aromatic rings. The van der Waals surface area contributed by atoms with Gasteiger partial charge in [-0.1, -0.05) is 46.3 Å². The summed E-state index contributed by atoms with van der Waals surface area (Å²) >= 11 is 3.42. The predicted molar refractivity (Wildman–Crippen MR) is 104 cm³/mol. The first-order chi connectivity index (χ1) is 13.0. The number of urea groups is 1. The molecule has 1 atom stereocenters. The summed E-state index contributed by atoms with van der Waals surface area (Å²) < 4.78 is 11.7. The standard InChI is InChI=1S/C20H19BrN2O4/c1-12-17(19(24)27-11-13-6-4-3-5-7-13)18(23-20(25)22-12)15-10-14(21)8-9-16(15)26-2/h3-10,18H,11H2,1-2H3,(H2,22,23,25). The van der Waals surface area contributed by atoms with E-state index in [4.69, 9.17) is 9.47 Å². The Morgan fingerprint density at radius 2 is 1.93 bits per heavy atom. The van der Waals surface area contributed by atoms with Gasteiger partial charge >= 0.3 is 12.0 Å². The molecule has 0 saturated carbocycles. The van der Waals surface area contributed by atoms with Gasteiger partial charge in [0, 0.05) is 15.7 Å². The lowest BCUT2D eigenvalue weighted by Crippen LogP contribution is -2.45. The van der Waals surface area contributed by atoms with Crippen LogP contribution in [0.3, 0.4) is 0 Å². The van der Waals surface area contributed by atoms with E-state index in [1.165, 1.54) is 0 Å². The van der Waals surface area contributed by atoms with Crippen LogP contribution in [0, 0.1) is 0 Å². The summed E-state index contributed by atoms with van der Waals surface area (Å²) in [6, 6.07) is 13.8. The van der Waals surface area contributed by atoms with E-state index in [-0.39, 0.29) is 12.6 Å². The van der Waals surface area contributed by atoms with Crippen molar-refractivity contribution in [3.63, 3.8) is 0 Å². The number of nitrogens with one attached hydrogen (secondary N) is 2. The quantitative estimate of drug-likeness (QED) is 0.706. The fourth-order valence-corrected chi connectivity index (χ4v) is 3.31. The highest BCUT2D eigenvalue weighted by Gasteiger charge is 2.34. The number of methoxy groups -OCH3 is 1. The summed E-state index contributed by atoms with van der Waals surface area (Å²) in [4.78, 5) is 24.9. The van der Waals surface area contributed by atoms with Crippen LogP contribution in [0.1, 0.15) is 24.1 Å². The highest BCUT2D eigenvalue weighted by molar-refractivity contribution is 9.10. The minimum absolute atomic E-state index is 0.146. The van der Waals surface area contributed by atoms with E-state index >= 15 is 0 Å². The van der Waals surface area contributed by atoms with Crippen molar-refractivity contribution in [1.82, 2.24) is 10.6 Å². The van der Waals surface area contributed by atoms with Crippen molar-refractivity contribution in [2.24, 2.45) is 0 Å². The molecule has 1 unspecified atom stereocenters. The van der Waals surface area contributed by atoms with Crippen LogP contribution in [0.2, 0.25) is 0 Å². The molecule has 2 N–H and O–H groups in total. The van der Waals surface area contributed by atoms with Gasteiger partial charge in [0.05, 0.1) is 18.7 Å². The summed E-state index contributed by atoms with van der Waals surface area (Å²) in [6.07, 6.45) is 0. The Kier molecular flexibility index (Phi) is 5.81. The zero-order chi connectivity index (χ0) is 19.4. The maximum absolute atomic E-state index is 12.8. The molecule has 7 heteroatoms. The number of esters is 1. The van der Waals surface area contributed by atoms with Crippen LogP contribution in [0.25, 0.3) is 0 Å².